The molecule has 1 aromatic heterocycles. The first-order valence-electron chi connectivity index (χ1n) is 10.8. The van der Waals surface area contributed by atoms with E-state index in [0.717, 1.165) is 11.1 Å². The molecular weight excluding hydrogens is 432 g/mol. The van der Waals surface area contributed by atoms with E-state index in [9.17, 15) is 14.4 Å². The molecule has 3 aromatic rings. The minimum atomic E-state index is -1.14. The minimum Gasteiger partial charge on any atom is -0.479 e. The van der Waals surface area contributed by atoms with Crippen LogP contribution in [0.15, 0.2) is 90.1 Å². The van der Waals surface area contributed by atoms with Gasteiger partial charge in [-0.1, -0.05) is 69.0 Å². The number of nitrogens with zero attached hydrogens (tertiary/aromatic N) is 1. The fourth-order valence-corrected chi connectivity index (χ4v) is 2.92. The molecule has 0 aliphatic carbocycles. The number of aromatic nitrogens is 1. The van der Waals surface area contributed by atoms with Crippen molar-refractivity contribution < 1.29 is 14.7 Å². The van der Waals surface area contributed by atoms with Crippen molar-refractivity contribution in [1.82, 2.24) is 9.88 Å². The van der Waals surface area contributed by atoms with Gasteiger partial charge in [-0.25, -0.2) is 4.79 Å². The van der Waals surface area contributed by atoms with E-state index < -0.39 is 12.0 Å². The first-order valence-corrected chi connectivity index (χ1v) is 10.8. The third kappa shape index (κ3) is 9.04. The number of carbonyl (C=O) groups excluding carboxylic acids is 1. The van der Waals surface area contributed by atoms with Crippen LogP contribution in [0.4, 0.5) is 5.69 Å². The summed E-state index contributed by atoms with van der Waals surface area (Å²) < 4.78 is 1.73. The van der Waals surface area contributed by atoms with Gasteiger partial charge in [-0.3, -0.25) is 9.59 Å². The van der Waals surface area contributed by atoms with Gasteiger partial charge in [0.05, 0.1) is 12.4 Å². The maximum Gasteiger partial charge on any atom is 0.330 e. The smallest absolute Gasteiger partial charge is 0.330 e. The molecule has 0 saturated heterocycles. The molecule has 0 spiro atoms. The topological polar surface area (TPSA) is 126 Å². The predicted octanol–water partition coefficient (Wildman–Crippen LogP) is 3.63. The van der Waals surface area contributed by atoms with Crippen LogP contribution in [0.2, 0.25) is 0 Å². The Morgan fingerprint density at radius 3 is 2.38 bits per heavy atom. The molecule has 3 rings (SSSR count). The SMILES string of the molecule is C=C(N)Nc1cccc(C(NC=O)C(=O)O)c1.CC.Cc1cccn(Cc2ccccc2)c1=O. The number of aliphatic carboxylic acids is 1. The van der Waals surface area contributed by atoms with Crippen molar-refractivity contribution in [1.29, 1.82) is 0 Å². The summed E-state index contributed by atoms with van der Waals surface area (Å²) in [6.45, 7) is 9.95. The normalized spacial score (nSPS) is 10.3. The Morgan fingerprint density at radius 1 is 1.12 bits per heavy atom. The lowest BCUT2D eigenvalue weighted by molar-refractivity contribution is -0.140. The number of benzene rings is 2. The maximum absolute atomic E-state index is 11.7. The van der Waals surface area contributed by atoms with Gasteiger partial charge in [0.2, 0.25) is 6.41 Å². The van der Waals surface area contributed by atoms with E-state index in [-0.39, 0.29) is 11.4 Å². The number of carboxylic acid groups (broad SMARTS) is 1. The zero-order chi connectivity index (χ0) is 25.5. The van der Waals surface area contributed by atoms with Crippen LogP contribution in [0.25, 0.3) is 0 Å². The number of rotatable bonds is 8. The van der Waals surface area contributed by atoms with E-state index in [4.69, 9.17) is 10.8 Å². The number of hydrogen-bond donors (Lipinski definition) is 4. The second kappa shape index (κ2) is 14.7. The third-order valence-electron chi connectivity index (χ3n) is 4.41. The molecule has 0 fully saturated rings. The number of amides is 1. The number of carbonyl (C=O) groups is 2. The summed E-state index contributed by atoms with van der Waals surface area (Å²) in [6.07, 6.45) is 2.17. The van der Waals surface area contributed by atoms with Gasteiger partial charge in [-0.15, -0.1) is 0 Å². The maximum atomic E-state index is 11.7. The predicted molar refractivity (Wildman–Crippen MR) is 135 cm³/mol. The highest BCUT2D eigenvalue weighted by atomic mass is 16.4. The summed E-state index contributed by atoms with van der Waals surface area (Å²) in [5, 5.41) is 13.9. The largest absolute Gasteiger partial charge is 0.479 e. The molecule has 5 N–H and O–H groups in total. The number of pyridine rings is 1. The molecule has 0 aliphatic heterocycles. The Kier molecular flexibility index (Phi) is 12.0. The quantitative estimate of drug-likeness (QED) is 0.377. The fourth-order valence-electron chi connectivity index (χ4n) is 2.92. The monoisotopic (exact) mass is 464 g/mol. The molecular formula is C26H32N4O4. The molecule has 0 aliphatic rings. The van der Waals surface area contributed by atoms with Crippen molar-refractivity contribution >= 4 is 18.1 Å². The Hall–Kier alpha value is -4.33. The van der Waals surface area contributed by atoms with Crippen LogP contribution < -0.4 is 21.9 Å². The summed E-state index contributed by atoms with van der Waals surface area (Å²) in [6, 6.07) is 19.2. The molecule has 2 aromatic carbocycles. The fraction of sp³-hybridized carbons (Fsp3) is 0.192. The van der Waals surface area contributed by atoms with Gasteiger partial charge in [0.1, 0.15) is 0 Å². The van der Waals surface area contributed by atoms with E-state index in [0.29, 0.717) is 24.2 Å². The number of hydrogen-bond acceptors (Lipinski definition) is 5. The van der Waals surface area contributed by atoms with E-state index in [1.807, 2.05) is 69.4 Å². The van der Waals surface area contributed by atoms with E-state index in [1.54, 1.807) is 28.8 Å². The average Bonchev–Trinajstić information content (AvgIpc) is 2.82. The average molecular weight is 465 g/mol. The highest BCUT2D eigenvalue weighted by molar-refractivity contribution is 5.78. The van der Waals surface area contributed by atoms with Crippen molar-refractivity contribution in [2.75, 3.05) is 5.32 Å². The summed E-state index contributed by atoms with van der Waals surface area (Å²) in [7, 11) is 0. The van der Waals surface area contributed by atoms with Gasteiger partial charge < -0.3 is 26.0 Å². The van der Waals surface area contributed by atoms with Crippen molar-refractivity contribution in [3.05, 3.63) is 112 Å². The summed E-state index contributed by atoms with van der Waals surface area (Å²) in [4.78, 5) is 33.0. The summed E-state index contributed by atoms with van der Waals surface area (Å²) in [5.41, 5.74) is 8.44. The molecule has 0 radical (unpaired) electrons. The molecule has 8 heteroatoms. The van der Waals surface area contributed by atoms with Crippen molar-refractivity contribution in [2.45, 2.75) is 33.4 Å². The van der Waals surface area contributed by atoms with Crippen LogP contribution >= 0.6 is 0 Å². The van der Waals surface area contributed by atoms with Gasteiger partial charge in [0, 0.05) is 17.4 Å². The van der Waals surface area contributed by atoms with E-state index in [2.05, 4.69) is 17.2 Å². The summed E-state index contributed by atoms with van der Waals surface area (Å²) in [5.74, 6) is -0.891. The van der Waals surface area contributed by atoms with Crippen LogP contribution in [0, 0.1) is 6.92 Å². The molecule has 1 unspecified atom stereocenters. The van der Waals surface area contributed by atoms with Crippen LogP contribution in [-0.4, -0.2) is 22.1 Å². The van der Waals surface area contributed by atoms with Gasteiger partial charge in [-0.2, -0.15) is 0 Å². The molecule has 180 valence electrons. The van der Waals surface area contributed by atoms with Crippen molar-refractivity contribution in [2.24, 2.45) is 5.73 Å². The van der Waals surface area contributed by atoms with Crippen LogP contribution in [0.1, 0.15) is 36.6 Å². The molecule has 1 amide bonds. The number of nitrogens with one attached hydrogen (secondary N) is 2. The first kappa shape index (κ1) is 27.7. The second-order valence-electron chi connectivity index (χ2n) is 6.94. The van der Waals surface area contributed by atoms with Gasteiger partial charge in [-0.05, 0) is 36.2 Å². The lowest BCUT2D eigenvalue weighted by Crippen LogP contribution is -2.27. The highest BCUT2D eigenvalue weighted by Crippen LogP contribution is 2.18. The molecule has 0 bridgehead atoms. The molecule has 0 saturated carbocycles. The van der Waals surface area contributed by atoms with Gasteiger partial charge >= 0.3 is 5.97 Å². The van der Waals surface area contributed by atoms with E-state index >= 15 is 0 Å². The molecule has 1 heterocycles. The van der Waals surface area contributed by atoms with Crippen LogP contribution in [-0.2, 0) is 16.1 Å². The van der Waals surface area contributed by atoms with Crippen molar-refractivity contribution in [3.8, 4) is 0 Å². The second-order valence-corrected chi connectivity index (χ2v) is 6.94. The van der Waals surface area contributed by atoms with Gasteiger partial charge in [0.25, 0.3) is 5.56 Å². The number of aryl methyl sites for hydroxylation is 1. The Bertz CT molecular complexity index is 1130. The van der Waals surface area contributed by atoms with Crippen LogP contribution in [0.5, 0.6) is 0 Å². The lowest BCUT2D eigenvalue weighted by atomic mass is 10.1. The Balaban J connectivity index is 0.000000318. The van der Waals surface area contributed by atoms with Gasteiger partial charge in [0.15, 0.2) is 6.04 Å². The molecule has 8 nitrogen and oxygen atoms in total. The standard InChI is InChI=1S/C13H13NO.C11H13N3O3.C2H6/c1-11-6-5-9-14(13(11)15)10-12-7-3-2-4-8-12;1-7(12)14-9-4-2-3-8(5-9)10(11(16)17)13-6-15;1-2/h2-9H,10H2,1H3;2-6,10,14H,1,12H2,(H,13,15)(H,16,17);1-2H3. The Morgan fingerprint density at radius 2 is 1.79 bits per heavy atom. The van der Waals surface area contributed by atoms with Crippen molar-refractivity contribution in [3.63, 3.8) is 0 Å². The van der Waals surface area contributed by atoms with Crippen LogP contribution in [0.3, 0.4) is 0 Å². The zero-order valence-corrected chi connectivity index (χ0v) is 19.7. The molecule has 1 atom stereocenters. The van der Waals surface area contributed by atoms with E-state index in [1.165, 1.54) is 0 Å². The number of anilines is 1. The first-order chi connectivity index (χ1) is 16.3. The Labute approximate surface area is 199 Å². The number of carboxylic acids is 1. The molecule has 34 heavy (non-hydrogen) atoms. The minimum absolute atomic E-state index is 0.0846. The third-order valence-corrected chi connectivity index (χ3v) is 4.41. The number of nitrogens with two attached hydrogens (primary N) is 1. The highest BCUT2D eigenvalue weighted by Gasteiger charge is 2.18. The lowest BCUT2D eigenvalue weighted by Gasteiger charge is -2.13. The zero-order valence-electron chi connectivity index (χ0n) is 19.7. The summed E-state index contributed by atoms with van der Waals surface area (Å²) >= 11 is 0.